The number of nitrogens with zero attached hydrogens (tertiary/aromatic N) is 2. The summed E-state index contributed by atoms with van der Waals surface area (Å²) in [6, 6.07) is 9.73. The van der Waals surface area contributed by atoms with Gasteiger partial charge < -0.3 is 0 Å². The van der Waals surface area contributed by atoms with E-state index >= 15 is 0 Å². The van der Waals surface area contributed by atoms with Crippen LogP contribution in [0.3, 0.4) is 0 Å². The Kier molecular flexibility index (Phi) is 7.79. The maximum absolute atomic E-state index is 13.5. The summed E-state index contributed by atoms with van der Waals surface area (Å²) in [6.45, 7) is -0.719. The second kappa shape index (κ2) is 10.4. The molecule has 0 radical (unpaired) electrons. The molecule has 13 heteroatoms. The summed E-state index contributed by atoms with van der Waals surface area (Å²) in [5, 5.41) is 0.575. The quantitative estimate of drug-likeness (QED) is 0.126. The smallest absolute Gasteiger partial charge is 0.282 e. The molecule has 1 heterocycles. The first kappa shape index (κ1) is 27.0. The maximum atomic E-state index is 13.5. The van der Waals surface area contributed by atoms with Gasteiger partial charge in [-0.05, 0) is 42.5 Å². The fourth-order valence-electron chi connectivity index (χ4n) is 3.43. The second-order valence-electron chi connectivity index (χ2n) is 7.35. The zero-order chi connectivity index (χ0) is 26.5. The van der Waals surface area contributed by atoms with Crippen LogP contribution in [0.25, 0.3) is 0 Å². The lowest BCUT2D eigenvalue weighted by molar-refractivity contribution is 0.00532. The summed E-state index contributed by atoms with van der Waals surface area (Å²) >= 11 is 42.4. The Hall–Kier alpha value is -2.03. The molecule has 1 aliphatic rings. The van der Waals surface area contributed by atoms with Crippen LogP contribution in [0.4, 0.5) is 0 Å². The van der Waals surface area contributed by atoms with E-state index in [-0.39, 0.29) is 52.4 Å². The van der Waals surface area contributed by atoms with E-state index < -0.39 is 30.0 Å². The van der Waals surface area contributed by atoms with Gasteiger partial charge in [0.2, 0.25) is 0 Å². The number of imide groups is 1. The fourth-order valence-corrected chi connectivity index (χ4v) is 4.87. The van der Waals surface area contributed by atoms with E-state index in [9.17, 15) is 19.2 Å². The normalized spacial score (nSPS) is 12.7. The van der Waals surface area contributed by atoms with E-state index in [4.69, 9.17) is 81.2 Å². The van der Waals surface area contributed by atoms with Gasteiger partial charge in [0.25, 0.3) is 17.7 Å². The molecule has 0 fully saturated rings. The van der Waals surface area contributed by atoms with Gasteiger partial charge in [0.15, 0.2) is 5.78 Å². The molecule has 184 valence electrons. The molecule has 0 unspecified atom stereocenters. The number of halogens is 7. The number of amides is 3. The first-order chi connectivity index (χ1) is 16.9. The third kappa shape index (κ3) is 4.68. The molecule has 36 heavy (non-hydrogen) atoms. The number of hydrogen-bond acceptors (Lipinski definition) is 4. The monoisotopic (exact) mass is 622 g/mol. The number of Topliss-reactive ketones (excluding diaryl/α,β-unsaturated/α-hetero) is 1. The lowest BCUT2D eigenvalue weighted by atomic mass is 10.1. The van der Waals surface area contributed by atoms with E-state index in [1.165, 1.54) is 42.5 Å². The minimum Gasteiger partial charge on any atom is -0.292 e. The highest BCUT2D eigenvalue weighted by Crippen LogP contribution is 2.45. The molecule has 0 N–H and O–H groups in total. The zero-order valence-corrected chi connectivity index (χ0v) is 22.7. The van der Waals surface area contributed by atoms with Crippen LogP contribution in [0.5, 0.6) is 0 Å². The van der Waals surface area contributed by atoms with Crippen LogP contribution < -0.4 is 0 Å². The average molecular weight is 626 g/mol. The third-order valence-electron chi connectivity index (χ3n) is 5.18. The van der Waals surface area contributed by atoms with Crippen molar-refractivity contribution in [1.29, 1.82) is 0 Å². The van der Waals surface area contributed by atoms with Crippen molar-refractivity contribution in [2.45, 2.75) is 0 Å². The molecular weight excluding hydrogens is 616 g/mol. The Morgan fingerprint density at radius 3 is 1.67 bits per heavy atom. The van der Waals surface area contributed by atoms with Crippen molar-refractivity contribution in [3.8, 4) is 0 Å². The van der Waals surface area contributed by atoms with E-state index in [2.05, 4.69) is 0 Å². The lowest BCUT2D eigenvalue weighted by Gasteiger charge is -2.29. The fraction of sp³-hybridized carbons (Fsp3) is 0.0435. The Morgan fingerprint density at radius 2 is 1.17 bits per heavy atom. The maximum Gasteiger partial charge on any atom is 0.282 e. The predicted octanol–water partition coefficient (Wildman–Crippen LogP) is 7.80. The van der Waals surface area contributed by atoms with Crippen molar-refractivity contribution >= 4 is 105 Å². The van der Waals surface area contributed by atoms with Crippen LogP contribution in [0.15, 0.2) is 42.5 Å². The van der Waals surface area contributed by atoms with Gasteiger partial charge in [-0.25, -0.2) is 5.01 Å². The molecule has 6 nitrogen and oxygen atoms in total. The van der Waals surface area contributed by atoms with Crippen LogP contribution in [-0.2, 0) is 0 Å². The number of fused-ring (bicyclic) bond motifs is 1. The first-order valence-corrected chi connectivity index (χ1v) is 12.4. The van der Waals surface area contributed by atoms with Crippen molar-refractivity contribution in [2.24, 2.45) is 0 Å². The number of rotatable bonds is 5. The Morgan fingerprint density at radius 1 is 0.667 bits per heavy atom. The van der Waals surface area contributed by atoms with Gasteiger partial charge in [-0.2, -0.15) is 5.01 Å². The topological polar surface area (TPSA) is 74.8 Å². The van der Waals surface area contributed by atoms with Gasteiger partial charge in [0.1, 0.15) is 6.54 Å². The second-order valence-corrected chi connectivity index (χ2v) is 10.1. The predicted molar refractivity (Wildman–Crippen MR) is 140 cm³/mol. The van der Waals surface area contributed by atoms with E-state index in [1.807, 2.05) is 0 Å². The van der Waals surface area contributed by atoms with Gasteiger partial charge in [0.05, 0.1) is 41.3 Å². The molecular formula is C23H9Cl7N2O4. The number of benzene rings is 3. The summed E-state index contributed by atoms with van der Waals surface area (Å²) in [4.78, 5) is 53.4. The molecule has 3 amide bonds. The molecule has 0 spiro atoms. The molecule has 0 saturated heterocycles. The Labute approximate surface area is 239 Å². The third-order valence-corrected chi connectivity index (χ3v) is 7.97. The van der Waals surface area contributed by atoms with E-state index in [0.717, 1.165) is 0 Å². The lowest BCUT2D eigenvalue weighted by Crippen LogP contribution is -2.51. The Bertz CT molecular complexity index is 1430. The molecule has 3 aromatic rings. The van der Waals surface area contributed by atoms with Crippen LogP contribution in [0.2, 0.25) is 35.2 Å². The number of carbonyl (C=O) groups is 4. The van der Waals surface area contributed by atoms with Crippen molar-refractivity contribution in [2.75, 3.05) is 6.54 Å². The van der Waals surface area contributed by atoms with Crippen molar-refractivity contribution < 1.29 is 19.2 Å². The molecule has 4 rings (SSSR count). The SMILES string of the molecule is O=C(CN(C(=O)c1ccc(Cl)c(Cl)c1)N1C(=O)c2c(Cl)c(Cl)c(Cl)c(Cl)c2C1=O)c1ccc(Cl)cc1. The van der Waals surface area contributed by atoms with Crippen LogP contribution in [-0.4, -0.2) is 40.1 Å². The van der Waals surface area contributed by atoms with Crippen LogP contribution in [0.1, 0.15) is 41.4 Å². The largest absolute Gasteiger partial charge is 0.292 e. The number of hydrogen-bond donors (Lipinski definition) is 0. The summed E-state index contributed by atoms with van der Waals surface area (Å²) in [5.74, 6) is -3.57. The van der Waals surface area contributed by atoms with Crippen molar-refractivity contribution in [3.05, 3.63) is 99.9 Å². The Balaban J connectivity index is 1.83. The highest BCUT2D eigenvalue weighted by Gasteiger charge is 2.46. The standard InChI is InChI=1S/C23H9Cl7N2O4/c24-11-4-1-9(2-5-11)14(33)8-31(21(34)10-3-6-12(25)13(26)7-10)32-22(35)15-16(23(32)36)18(28)20(30)19(29)17(15)27/h1-7H,8H2. The summed E-state index contributed by atoms with van der Waals surface area (Å²) in [5.41, 5.74) is -0.595. The minimum absolute atomic E-state index is 0.0403. The highest BCUT2D eigenvalue weighted by atomic mass is 35.5. The first-order valence-electron chi connectivity index (χ1n) is 9.74. The summed E-state index contributed by atoms with van der Waals surface area (Å²) in [6.07, 6.45) is 0. The minimum atomic E-state index is -1.03. The summed E-state index contributed by atoms with van der Waals surface area (Å²) in [7, 11) is 0. The number of ketones is 1. The van der Waals surface area contributed by atoms with Crippen molar-refractivity contribution in [3.63, 3.8) is 0 Å². The molecule has 0 aliphatic carbocycles. The van der Waals surface area contributed by atoms with E-state index in [1.54, 1.807) is 0 Å². The molecule has 0 atom stereocenters. The highest BCUT2D eigenvalue weighted by molar-refractivity contribution is 6.55. The van der Waals surface area contributed by atoms with Gasteiger partial charge in [0, 0.05) is 16.1 Å². The summed E-state index contributed by atoms with van der Waals surface area (Å²) < 4.78 is 0. The molecule has 1 aliphatic heterocycles. The van der Waals surface area contributed by atoms with Gasteiger partial charge in [-0.3, -0.25) is 19.2 Å². The molecule has 0 aromatic heterocycles. The van der Waals surface area contributed by atoms with Gasteiger partial charge in [-0.1, -0.05) is 81.2 Å². The van der Waals surface area contributed by atoms with Gasteiger partial charge >= 0.3 is 0 Å². The number of hydrazine groups is 1. The van der Waals surface area contributed by atoms with E-state index in [0.29, 0.717) is 15.0 Å². The molecule has 0 bridgehead atoms. The average Bonchev–Trinajstić information content (AvgIpc) is 3.11. The van der Waals surface area contributed by atoms with Crippen LogP contribution in [0, 0.1) is 0 Å². The van der Waals surface area contributed by atoms with Crippen LogP contribution >= 0.6 is 81.2 Å². The molecule has 0 saturated carbocycles. The molecule has 3 aromatic carbocycles. The zero-order valence-electron chi connectivity index (χ0n) is 17.4. The van der Waals surface area contributed by atoms with Gasteiger partial charge in [-0.15, -0.1) is 0 Å². The number of carbonyl (C=O) groups excluding carboxylic acids is 4. The van der Waals surface area contributed by atoms with Crippen molar-refractivity contribution in [1.82, 2.24) is 10.0 Å².